The molecule has 0 aromatic heterocycles. The molecule has 0 unspecified atom stereocenters. The van der Waals surface area contributed by atoms with E-state index in [4.69, 9.17) is 10.5 Å². The maximum atomic E-state index is 13.6. The second-order valence-electron chi connectivity index (χ2n) is 7.98. The van der Waals surface area contributed by atoms with Crippen molar-refractivity contribution in [1.29, 1.82) is 10.5 Å². The molecule has 2 aromatic rings. The molecule has 0 spiro atoms. The van der Waals surface area contributed by atoms with Crippen molar-refractivity contribution in [1.82, 2.24) is 0 Å². The molecule has 0 heterocycles. The van der Waals surface area contributed by atoms with Crippen LogP contribution in [0.25, 0.3) is 0 Å². The molecule has 0 N–H and O–H groups in total. The molecule has 0 bridgehead atoms. The first-order chi connectivity index (χ1) is 13.8. The number of carbonyl (C=O) groups is 2. The standard InChI is InChI=1S/2C12H12FNO/c2*1-8(15)9-4-5-10(11(13)6-9)12(2,3)7-14/h2*4-6H,1-3H3. The van der Waals surface area contributed by atoms with E-state index >= 15 is 0 Å². The van der Waals surface area contributed by atoms with Gasteiger partial charge in [-0.05, 0) is 53.7 Å². The smallest absolute Gasteiger partial charge is 0.159 e. The number of benzene rings is 2. The highest BCUT2D eigenvalue weighted by Crippen LogP contribution is 2.26. The predicted octanol–water partition coefficient (Wildman–Crippen LogP) is 5.66. The first-order valence-electron chi connectivity index (χ1n) is 9.21. The molecular formula is C24H24F2N2O2. The highest BCUT2D eigenvalue weighted by Gasteiger charge is 2.24. The Labute approximate surface area is 175 Å². The van der Waals surface area contributed by atoms with Gasteiger partial charge < -0.3 is 0 Å². The van der Waals surface area contributed by atoms with Gasteiger partial charge in [0.2, 0.25) is 0 Å². The third-order valence-electron chi connectivity index (χ3n) is 4.66. The summed E-state index contributed by atoms with van der Waals surface area (Å²) < 4.78 is 27.2. The van der Waals surface area contributed by atoms with Gasteiger partial charge in [0.1, 0.15) is 11.6 Å². The molecule has 0 aliphatic heterocycles. The fourth-order valence-corrected chi connectivity index (χ4v) is 2.60. The molecule has 0 atom stereocenters. The van der Waals surface area contributed by atoms with E-state index in [0.29, 0.717) is 22.3 Å². The van der Waals surface area contributed by atoms with Crippen LogP contribution in [0.4, 0.5) is 8.78 Å². The van der Waals surface area contributed by atoms with Gasteiger partial charge in [0, 0.05) is 22.3 Å². The van der Waals surface area contributed by atoms with Crippen LogP contribution in [-0.2, 0) is 10.8 Å². The molecule has 0 amide bonds. The van der Waals surface area contributed by atoms with Crippen LogP contribution in [0.2, 0.25) is 0 Å². The molecule has 0 fully saturated rings. The van der Waals surface area contributed by atoms with Gasteiger partial charge in [-0.1, -0.05) is 24.3 Å². The van der Waals surface area contributed by atoms with Crippen LogP contribution in [0.3, 0.4) is 0 Å². The Hall–Kier alpha value is -3.38. The topological polar surface area (TPSA) is 81.7 Å². The Morgan fingerprint density at radius 3 is 1.23 bits per heavy atom. The molecule has 4 nitrogen and oxygen atoms in total. The van der Waals surface area contributed by atoms with Gasteiger partial charge in [0.15, 0.2) is 11.6 Å². The van der Waals surface area contributed by atoms with E-state index in [1.807, 2.05) is 12.1 Å². The SMILES string of the molecule is CC(=O)c1ccc(C(C)(C)C#N)c(F)c1.CC(=O)c1ccc(C(C)(C)C#N)c(F)c1. The second-order valence-corrected chi connectivity index (χ2v) is 7.98. The summed E-state index contributed by atoms with van der Waals surface area (Å²) in [6.07, 6.45) is 0. The first-order valence-corrected chi connectivity index (χ1v) is 9.21. The lowest BCUT2D eigenvalue weighted by molar-refractivity contribution is 0.100. The van der Waals surface area contributed by atoms with Gasteiger partial charge >= 0.3 is 0 Å². The Bertz CT molecular complexity index is 972. The molecule has 156 valence electrons. The van der Waals surface area contributed by atoms with E-state index in [1.165, 1.54) is 38.1 Å². The number of hydrogen-bond donors (Lipinski definition) is 0. The molecular weight excluding hydrogens is 386 g/mol. The monoisotopic (exact) mass is 410 g/mol. The fraction of sp³-hybridized carbons (Fsp3) is 0.333. The Morgan fingerprint density at radius 2 is 1.03 bits per heavy atom. The minimum Gasteiger partial charge on any atom is -0.295 e. The zero-order valence-corrected chi connectivity index (χ0v) is 17.9. The molecule has 0 aliphatic carbocycles. The second kappa shape index (κ2) is 9.41. The lowest BCUT2D eigenvalue weighted by atomic mass is 9.85. The molecule has 0 saturated heterocycles. The summed E-state index contributed by atoms with van der Waals surface area (Å²) in [4.78, 5) is 22.0. The van der Waals surface area contributed by atoms with Crippen LogP contribution < -0.4 is 0 Å². The zero-order valence-electron chi connectivity index (χ0n) is 17.9. The van der Waals surface area contributed by atoms with Crippen molar-refractivity contribution >= 4 is 11.6 Å². The number of Topliss-reactive ketones (excluding diaryl/α,β-unsaturated/α-hetero) is 2. The van der Waals surface area contributed by atoms with Crippen molar-refractivity contribution in [2.24, 2.45) is 0 Å². The van der Waals surface area contributed by atoms with Gasteiger partial charge in [0.25, 0.3) is 0 Å². The number of carbonyl (C=O) groups excluding carboxylic acids is 2. The van der Waals surface area contributed by atoms with Gasteiger partial charge in [-0.15, -0.1) is 0 Å². The lowest BCUT2D eigenvalue weighted by Crippen LogP contribution is -2.16. The molecule has 2 aromatic carbocycles. The Kier molecular flexibility index (Phi) is 7.74. The zero-order chi connectivity index (χ0) is 23.3. The average molecular weight is 410 g/mol. The number of nitrogens with zero attached hydrogens (tertiary/aromatic N) is 2. The summed E-state index contributed by atoms with van der Waals surface area (Å²) in [6.45, 7) is 9.31. The van der Waals surface area contributed by atoms with E-state index in [1.54, 1.807) is 39.8 Å². The predicted molar refractivity (Wildman–Crippen MR) is 110 cm³/mol. The highest BCUT2D eigenvalue weighted by molar-refractivity contribution is 5.94. The summed E-state index contributed by atoms with van der Waals surface area (Å²) in [5.41, 5.74) is -0.473. The van der Waals surface area contributed by atoms with Gasteiger partial charge in [-0.2, -0.15) is 10.5 Å². The van der Waals surface area contributed by atoms with Crippen LogP contribution >= 0.6 is 0 Å². The molecule has 0 aliphatic rings. The number of halogens is 2. The summed E-state index contributed by atoms with van der Waals surface area (Å²) in [5, 5.41) is 17.7. The van der Waals surface area contributed by atoms with Crippen molar-refractivity contribution in [3.8, 4) is 12.1 Å². The van der Waals surface area contributed by atoms with E-state index in [9.17, 15) is 18.4 Å². The van der Waals surface area contributed by atoms with E-state index in [0.717, 1.165) is 0 Å². The van der Waals surface area contributed by atoms with Crippen LogP contribution in [0.5, 0.6) is 0 Å². The third kappa shape index (κ3) is 5.81. The number of ketones is 2. The van der Waals surface area contributed by atoms with Crippen molar-refractivity contribution in [3.05, 3.63) is 70.3 Å². The quantitative estimate of drug-likeness (QED) is 0.609. The van der Waals surface area contributed by atoms with Gasteiger partial charge in [-0.3, -0.25) is 9.59 Å². The number of hydrogen-bond acceptors (Lipinski definition) is 4. The van der Waals surface area contributed by atoms with Gasteiger partial charge in [-0.25, -0.2) is 8.78 Å². The van der Waals surface area contributed by atoms with E-state index < -0.39 is 22.5 Å². The van der Waals surface area contributed by atoms with Crippen LogP contribution in [-0.4, -0.2) is 11.6 Å². The summed E-state index contributed by atoms with van der Waals surface area (Å²) in [5.74, 6) is -1.38. The van der Waals surface area contributed by atoms with Crippen molar-refractivity contribution in [3.63, 3.8) is 0 Å². The van der Waals surface area contributed by atoms with E-state index in [2.05, 4.69) is 0 Å². The minimum absolute atomic E-state index is 0.185. The molecule has 0 saturated carbocycles. The molecule has 30 heavy (non-hydrogen) atoms. The minimum atomic E-state index is -0.876. The average Bonchev–Trinajstić information content (AvgIpc) is 2.67. The molecule has 6 heteroatoms. The first kappa shape index (κ1) is 24.7. The Balaban J connectivity index is 0.000000300. The van der Waals surface area contributed by atoms with Crippen LogP contribution in [0.15, 0.2) is 36.4 Å². The molecule has 2 rings (SSSR count). The molecule has 0 radical (unpaired) electrons. The normalized spacial score (nSPS) is 10.9. The summed E-state index contributed by atoms with van der Waals surface area (Å²) >= 11 is 0. The lowest BCUT2D eigenvalue weighted by Gasteiger charge is -2.16. The van der Waals surface area contributed by atoms with Crippen molar-refractivity contribution < 1.29 is 18.4 Å². The third-order valence-corrected chi connectivity index (χ3v) is 4.66. The fourth-order valence-electron chi connectivity index (χ4n) is 2.60. The van der Waals surface area contributed by atoms with Crippen molar-refractivity contribution in [2.75, 3.05) is 0 Å². The number of nitriles is 2. The van der Waals surface area contributed by atoms with Crippen LogP contribution in [0, 0.1) is 34.3 Å². The summed E-state index contributed by atoms with van der Waals surface area (Å²) in [6, 6.07) is 12.5. The maximum absolute atomic E-state index is 13.6. The van der Waals surface area contributed by atoms with Gasteiger partial charge in [0.05, 0.1) is 23.0 Å². The summed E-state index contributed by atoms with van der Waals surface area (Å²) in [7, 11) is 0. The largest absolute Gasteiger partial charge is 0.295 e. The maximum Gasteiger partial charge on any atom is 0.159 e. The van der Waals surface area contributed by atoms with Crippen molar-refractivity contribution in [2.45, 2.75) is 52.4 Å². The Morgan fingerprint density at radius 1 is 0.733 bits per heavy atom. The highest BCUT2D eigenvalue weighted by atomic mass is 19.1. The number of rotatable bonds is 4. The van der Waals surface area contributed by atoms with E-state index in [-0.39, 0.29) is 11.6 Å². The van der Waals surface area contributed by atoms with Crippen LogP contribution in [0.1, 0.15) is 73.4 Å².